The molecular weight excluding hydrogens is 232 g/mol. The van der Waals surface area contributed by atoms with Crippen LogP contribution in [-0.4, -0.2) is 24.2 Å². The molecule has 1 aromatic rings. The minimum absolute atomic E-state index is 0.0105. The molecule has 1 aliphatic heterocycles. The molecule has 2 aliphatic rings. The molecule has 17 heavy (non-hydrogen) atoms. The Balaban J connectivity index is 1.88. The molecule has 3 rings (SSSR count). The second-order valence-corrected chi connectivity index (χ2v) is 6.33. The van der Waals surface area contributed by atoms with Crippen LogP contribution in [-0.2, 0) is 10.3 Å². The first-order chi connectivity index (χ1) is 8.18. The van der Waals surface area contributed by atoms with Crippen molar-refractivity contribution in [3.63, 3.8) is 0 Å². The summed E-state index contributed by atoms with van der Waals surface area (Å²) >= 11 is 1.78. The Kier molecular flexibility index (Phi) is 2.97. The Morgan fingerprint density at radius 2 is 2.29 bits per heavy atom. The lowest BCUT2D eigenvalue weighted by Crippen LogP contribution is -2.47. The Bertz CT molecular complexity index is 396. The van der Waals surface area contributed by atoms with Gasteiger partial charge in [-0.25, -0.2) is 4.98 Å². The van der Waals surface area contributed by atoms with Gasteiger partial charge in [-0.05, 0) is 33.1 Å². The topological polar surface area (TPSA) is 34.1 Å². The van der Waals surface area contributed by atoms with Crippen LogP contribution in [0.1, 0.15) is 36.9 Å². The van der Waals surface area contributed by atoms with Gasteiger partial charge in [0.1, 0.15) is 5.01 Å². The van der Waals surface area contributed by atoms with Crippen molar-refractivity contribution in [2.75, 3.05) is 13.2 Å². The van der Waals surface area contributed by atoms with Crippen LogP contribution in [0.5, 0.6) is 0 Å². The van der Waals surface area contributed by atoms with Gasteiger partial charge in [-0.1, -0.05) is 0 Å². The average molecular weight is 252 g/mol. The van der Waals surface area contributed by atoms with Crippen LogP contribution in [0.15, 0.2) is 5.38 Å². The van der Waals surface area contributed by atoms with Crippen LogP contribution >= 0.6 is 11.3 Å². The van der Waals surface area contributed by atoms with Gasteiger partial charge in [0.05, 0.1) is 12.1 Å². The number of hydrogen-bond donors (Lipinski definition) is 1. The molecule has 0 spiro atoms. The van der Waals surface area contributed by atoms with Gasteiger partial charge in [0, 0.05) is 29.6 Å². The van der Waals surface area contributed by atoms with E-state index in [1.165, 1.54) is 17.8 Å². The van der Waals surface area contributed by atoms with Gasteiger partial charge in [-0.3, -0.25) is 0 Å². The summed E-state index contributed by atoms with van der Waals surface area (Å²) in [4.78, 5) is 4.71. The van der Waals surface area contributed by atoms with Crippen molar-refractivity contribution in [3.05, 3.63) is 16.1 Å². The number of aromatic nitrogens is 1. The predicted molar refractivity (Wildman–Crippen MR) is 69.3 cm³/mol. The van der Waals surface area contributed by atoms with Crippen LogP contribution in [0.4, 0.5) is 0 Å². The van der Waals surface area contributed by atoms with Gasteiger partial charge in [-0.2, -0.15) is 0 Å². The zero-order valence-electron chi connectivity index (χ0n) is 10.5. The summed E-state index contributed by atoms with van der Waals surface area (Å²) in [6.07, 6.45) is 3.77. The highest BCUT2D eigenvalue weighted by atomic mass is 32.1. The number of aryl methyl sites for hydroxylation is 1. The van der Waals surface area contributed by atoms with Gasteiger partial charge in [0.25, 0.3) is 0 Å². The van der Waals surface area contributed by atoms with Gasteiger partial charge in [-0.15, -0.1) is 11.3 Å². The largest absolute Gasteiger partial charge is 0.381 e. The third-order valence-electron chi connectivity index (χ3n) is 3.89. The maximum Gasteiger partial charge on any atom is 0.113 e. The highest BCUT2D eigenvalue weighted by Gasteiger charge is 2.43. The van der Waals surface area contributed by atoms with E-state index in [0.717, 1.165) is 25.3 Å². The van der Waals surface area contributed by atoms with E-state index >= 15 is 0 Å². The highest BCUT2D eigenvalue weighted by molar-refractivity contribution is 7.09. The molecule has 2 fully saturated rings. The Hall–Kier alpha value is -0.450. The first-order valence-corrected chi connectivity index (χ1v) is 7.34. The summed E-state index contributed by atoms with van der Waals surface area (Å²) in [5, 5.41) is 7.19. The minimum atomic E-state index is 0.0105. The van der Waals surface area contributed by atoms with E-state index in [0.29, 0.717) is 12.0 Å². The van der Waals surface area contributed by atoms with E-state index in [4.69, 9.17) is 9.72 Å². The van der Waals surface area contributed by atoms with Crippen LogP contribution in [0, 0.1) is 12.8 Å². The summed E-state index contributed by atoms with van der Waals surface area (Å²) in [5.41, 5.74) is 1.14. The van der Waals surface area contributed by atoms with E-state index in [-0.39, 0.29) is 5.54 Å². The first-order valence-electron chi connectivity index (χ1n) is 6.46. The maximum absolute atomic E-state index is 5.57. The molecule has 4 heteroatoms. The molecule has 0 radical (unpaired) electrons. The number of rotatable bonds is 4. The smallest absolute Gasteiger partial charge is 0.113 e. The standard InChI is InChI=1S/C13H20N2OS/c1-9-8-17-12(14-9)13(2,15-11-3-4-11)10-5-6-16-7-10/h8,10-11,15H,3-7H2,1-2H3. The van der Waals surface area contributed by atoms with Crippen LogP contribution in [0.2, 0.25) is 0 Å². The van der Waals surface area contributed by atoms with Crippen molar-refractivity contribution < 1.29 is 4.74 Å². The quantitative estimate of drug-likeness (QED) is 0.894. The molecule has 0 bridgehead atoms. The lowest BCUT2D eigenvalue weighted by Gasteiger charge is -2.34. The van der Waals surface area contributed by atoms with Crippen molar-refractivity contribution >= 4 is 11.3 Å². The molecule has 2 unspecified atom stereocenters. The van der Waals surface area contributed by atoms with E-state index in [9.17, 15) is 0 Å². The van der Waals surface area contributed by atoms with E-state index < -0.39 is 0 Å². The van der Waals surface area contributed by atoms with Gasteiger partial charge >= 0.3 is 0 Å². The molecule has 2 atom stereocenters. The van der Waals surface area contributed by atoms with Crippen molar-refractivity contribution in [2.24, 2.45) is 5.92 Å². The third-order valence-corrected chi connectivity index (χ3v) is 5.09. The lowest BCUT2D eigenvalue weighted by molar-refractivity contribution is 0.151. The van der Waals surface area contributed by atoms with Crippen LogP contribution in [0.25, 0.3) is 0 Å². The summed E-state index contributed by atoms with van der Waals surface area (Å²) in [5.74, 6) is 0.564. The number of hydrogen-bond acceptors (Lipinski definition) is 4. The molecule has 2 heterocycles. The number of nitrogens with zero attached hydrogens (tertiary/aromatic N) is 1. The third kappa shape index (κ3) is 2.26. The summed E-state index contributed by atoms with van der Waals surface area (Å²) in [7, 11) is 0. The summed E-state index contributed by atoms with van der Waals surface area (Å²) < 4.78 is 5.57. The molecule has 1 aliphatic carbocycles. The fraction of sp³-hybridized carbons (Fsp3) is 0.769. The average Bonchev–Trinajstić information content (AvgIpc) is 2.84. The van der Waals surface area contributed by atoms with Crippen LogP contribution < -0.4 is 5.32 Å². The molecular formula is C13H20N2OS. The number of ether oxygens (including phenoxy) is 1. The fourth-order valence-corrected chi connectivity index (χ4v) is 3.59. The molecule has 1 N–H and O–H groups in total. The predicted octanol–water partition coefficient (Wildman–Crippen LogP) is 2.46. The number of thiazole rings is 1. The van der Waals surface area contributed by atoms with E-state index in [1.807, 2.05) is 0 Å². The van der Waals surface area contributed by atoms with Crippen LogP contribution in [0.3, 0.4) is 0 Å². The Morgan fingerprint density at radius 1 is 1.47 bits per heavy atom. The lowest BCUT2D eigenvalue weighted by atomic mass is 9.85. The molecule has 0 aromatic carbocycles. The summed E-state index contributed by atoms with van der Waals surface area (Å²) in [6, 6.07) is 0.699. The van der Waals surface area contributed by atoms with Crippen molar-refractivity contribution in [2.45, 2.75) is 44.7 Å². The summed E-state index contributed by atoms with van der Waals surface area (Å²) in [6.45, 7) is 6.15. The second kappa shape index (κ2) is 4.34. The van der Waals surface area contributed by atoms with Gasteiger partial charge in [0.15, 0.2) is 0 Å². The minimum Gasteiger partial charge on any atom is -0.381 e. The van der Waals surface area contributed by atoms with Crippen molar-refractivity contribution in [1.29, 1.82) is 0 Å². The molecule has 3 nitrogen and oxygen atoms in total. The zero-order valence-corrected chi connectivity index (χ0v) is 11.3. The van der Waals surface area contributed by atoms with E-state index in [2.05, 4.69) is 24.5 Å². The van der Waals surface area contributed by atoms with Crippen molar-refractivity contribution in [3.8, 4) is 0 Å². The Morgan fingerprint density at radius 3 is 2.82 bits per heavy atom. The van der Waals surface area contributed by atoms with Gasteiger partial charge in [0.2, 0.25) is 0 Å². The SMILES string of the molecule is Cc1csc(C(C)(NC2CC2)C2CCOC2)n1. The normalized spacial score (nSPS) is 28.2. The molecule has 1 aromatic heterocycles. The second-order valence-electron chi connectivity index (χ2n) is 5.48. The van der Waals surface area contributed by atoms with Crippen molar-refractivity contribution in [1.82, 2.24) is 10.3 Å². The number of nitrogens with one attached hydrogen (secondary N) is 1. The highest BCUT2D eigenvalue weighted by Crippen LogP contribution is 2.39. The first kappa shape index (κ1) is 11.6. The molecule has 1 saturated carbocycles. The van der Waals surface area contributed by atoms with E-state index in [1.54, 1.807) is 11.3 Å². The molecule has 1 saturated heterocycles. The molecule has 94 valence electrons. The molecule has 0 amide bonds. The fourth-order valence-electron chi connectivity index (χ4n) is 2.59. The Labute approximate surface area is 107 Å². The monoisotopic (exact) mass is 252 g/mol. The van der Waals surface area contributed by atoms with Gasteiger partial charge < -0.3 is 10.1 Å². The zero-order chi connectivity index (χ0) is 11.9. The maximum atomic E-state index is 5.57.